The molecule has 1 aromatic heterocycles. The number of nitrogens with one attached hydrogen (secondary N) is 2. The number of alkyl halides is 3. The number of pyridine rings is 1. The molecule has 31 heavy (non-hydrogen) atoms. The van der Waals surface area contributed by atoms with Crippen molar-refractivity contribution < 1.29 is 27.5 Å². The zero-order valence-electron chi connectivity index (χ0n) is 16.1. The molecule has 0 saturated carbocycles. The van der Waals surface area contributed by atoms with Crippen LogP contribution in [0.3, 0.4) is 0 Å². The number of benzene rings is 2. The summed E-state index contributed by atoms with van der Waals surface area (Å²) < 4.78 is 43.7. The highest BCUT2D eigenvalue weighted by Gasteiger charge is 2.30. The number of hydrogen-bond acceptors (Lipinski definition) is 5. The lowest BCUT2D eigenvalue weighted by atomic mass is 10.2. The van der Waals surface area contributed by atoms with Crippen LogP contribution in [0.1, 0.15) is 21.5 Å². The molecule has 160 valence electrons. The fourth-order valence-electron chi connectivity index (χ4n) is 2.64. The summed E-state index contributed by atoms with van der Waals surface area (Å²) in [6.07, 6.45) is -3.13. The lowest BCUT2D eigenvalue weighted by Crippen LogP contribution is -2.28. The largest absolute Gasteiger partial charge is 0.452 e. The summed E-state index contributed by atoms with van der Waals surface area (Å²) in [7, 11) is 0. The Morgan fingerprint density at radius 3 is 2.48 bits per heavy atom. The number of ether oxygens (including phenoxy) is 1. The Labute approximate surface area is 176 Å². The maximum absolute atomic E-state index is 12.9. The molecule has 6 nitrogen and oxygen atoms in total. The summed E-state index contributed by atoms with van der Waals surface area (Å²) in [6, 6.07) is 16.6. The van der Waals surface area contributed by atoms with Crippen LogP contribution in [0, 0.1) is 0 Å². The molecule has 0 aliphatic heterocycles. The third kappa shape index (κ3) is 6.30. The second-order valence-electron chi connectivity index (χ2n) is 6.44. The standard InChI is InChI=1S/C22H18F3N3O3/c23-22(24,25)16-8-4-9-17(12-16)28-20-18(10-5-11-26-20)21(30)31-14-19(29)27-13-15-6-2-1-3-7-15/h1-12H,13-14H2,(H,26,28)(H,27,29). The van der Waals surface area contributed by atoms with E-state index in [1.165, 1.54) is 30.5 Å². The number of carbonyl (C=O) groups excluding carboxylic acids is 2. The first-order valence-electron chi connectivity index (χ1n) is 9.20. The lowest BCUT2D eigenvalue weighted by molar-refractivity contribution is -0.137. The fourth-order valence-corrected chi connectivity index (χ4v) is 2.64. The number of amides is 1. The van der Waals surface area contributed by atoms with Crippen molar-refractivity contribution in [3.05, 3.63) is 89.6 Å². The average molecular weight is 429 g/mol. The van der Waals surface area contributed by atoms with Crippen molar-refractivity contribution in [2.24, 2.45) is 0 Å². The normalized spacial score (nSPS) is 10.9. The molecule has 0 saturated heterocycles. The van der Waals surface area contributed by atoms with E-state index in [0.717, 1.165) is 17.7 Å². The van der Waals surface area contributed by atoms with Crippen molar-refractivity contribution in [2.75, 3.05) is 11.9 Å². The third-order valence-corrected chi connectivity index (χ3v) is 4.15. The van der Waals surface area contributed by atoms with Crippen LogP contribution >= 0.6 is 0 Å². The van der Waals surface area contributed by atoms with Crippen LogP contribution < -0.4 is 10.6 Å². The van der Waals surface area contributed by atoms with Crippen LogP contribution in [0.15, 0.2) is 72.9 Å². The molecule has 2 N–H and O–H groups in total. The van der Waals surface area contributed by atoms with Crippen LogP contribution in [0.25, 0.3) is 0 Å². The molecular formula is C22H18F3N3O3. The monoisotopic (exact) mass is 429 g/mol. The molecule has 3 rings (SSSR count). The number of halogens is 3. The van der Waals surface area contributed by atoms with Gasteiger partial charge in [0.25, 0.3) is 5.91 Å². The van der Waals surface area contributed by atoms with Crippen LogP contribution in [-0.4, -0.2) is 23.5 Å². The number of nitrogens with zero attached hydrogens (tertiary/aromatic N) is 1. The zero-order chi connectivity index (χ0) is 22.3. The fraction of sp³-hybridized carbons (Fsp3) is 0.136. The van der Waals surface area contributed by atoms with E-state index in [1.807, 2.05) is 30.3 Å². The molecule has 0 fully saturated rings. The highest BCUT2D eigenvalue weighted by atomic mass is 19.4. The second kappa shape index (κ2) is 9.75. The van der Waals surface area contributed by atoms with Gasteiger partial charge in [-0.25, -0.2) is 9.78 Å². The Kier molecular flexibility index (Phi) is 6.86. The first kappa shape index (κ1) is 21.8. The van der Waals surface area contributed by atoms with E-state index in [-0.39, 0.29) is 23.6 Å². The van der Waals surface area contributed by atoms with Gasteiger partial charge in [0, 0.05) is 18.4 Å². The minimum atomic E-state index is -4.50. The first-order chi connectivity index (χ1) is 14.8. The first-order valence-corrected chi connectivity index (χ1v) is 9.20. The van der Waals surface area contributed by atoms with E-state index < -0.39 is 30.2 Å². The van der Waals surface area contributed by atoms with Crippen molar-refractivity contribution in [1.82, 2.24) is 10.3 Å². The zero-order valence-corrected chi connectivity index (χ0v) is 16.1. The maximum Gasteiger partial charge on any atom is 0.416 e. The van der Waals surface area contributed by atoms with Gasteiger partial charge in [-0.2, -0.15) is 13.2 Å². The van der Waals surface area contributed by atoms with Crippen molar-refractivity contribution in [2.45, 2.75) is 12.7 Å². The number of aromatic nitrogens is 1. The summed E-state index contributed by atoms with van der Waals surface area (Å²) in [5, 5.41) is 5.31. The summed E-state index contributed by atoms with van der Waals surface area (Å²) in [6.45, 7) is -0.226. The van der Waals surface area contributed by atoms with Crippen molar-refractivity contribution >= 4 is 23.4 Å². The molecule has 0 unspecified atom stereocenters. The van der Waals surface area contributed by atoms with Crippen molar-refractivity contribution in [3.8, 4) is 0 Å². The van der Waals surface area contributed by atoms with E-state index in [0.29, 0.717) is 0 Å². The Bertz CT molecular complexity index is 1060. The molecule has 0 spiro atoms. The Hall–Kier alpha value is -3.88. The van der Waals surface area contributed by atoms with Gasteiger partial charge in [-0.3, -0.25) is 4.79 Å². The Morgan fingerprint density at radius 2 is 1.74 bits per heavy atom. The number of esters is 1. The number of hydrogen-bond donors (Lipinski definition) is 2. The molecule has 9 heteroatoms. The van der Waals surface area contributed by atoms with E-state index in [1.54, 1.807) is 0 Å². The Morgan fingerprint density at radius 1 is 0.968 bits per heavy atom. The Balaban J connectivity index is 1.62. The highest BCUT2D eigenvalue weighted by Crippen LogP contribution is 2.31. The molecule has 3 aromatic rings. The molecule has 0 aliphatic rings. The van der Waals surface area contributed by atoms with E-state index >= 15 is 0 Å². The minimum Gasteiger partial charge on any atom is -0.452 e. The highest BCUT2D eigenvalue weighted by molar-refractivity contribution is 5.96. The van der Waals surface area contributed by atoms with Crippen LogP contribution in [0.4, 0.5) is 24.7 Å². The molecule has 1 heterocycles. The van der Waals surface area contributed by atoms with Crippen LogP contribution in [0.5, 0.6) is 0 Å². The smallest absolute Gasteiger partial charge is 0.416 e. The van der Waals surface area contributed by atoms with E-state index in [2.05, 4.69) is 15.6 Å². The minimum absolute atomic E-state index is 0.0107. The van der Waals surface area contributed by atoms with E-state index in [4.69, 9.17) is 4.74 Å². The average Bonchev–Trinajstić information content (AvgIpc) is 2.77. The summed E-state index contributed by atoms with van der Waals surface area (Å²) >= 11 is 0. The summed E-state index contributed by atoms with van der Waals surface area (Å²) in [5.41, 5.74) is 0.133. The van der Waals surface area contributed by atoms with Gasteiger partial charge in [0.2, 0.25) is 0 Å². The van der Waals surface area contributed by atoms with Gasteiger partial charge < -0.3 is 15.4 Å². The SMILES string of the molecule is O=C(COC(=O)c1cccnc1Nc1cccc(C(F)(F)F)c1)NCc1ccccc1. The molecular weight excluding hydrogens is 411 g/mol. The predicted molar refractivity (Wildman–Crippen MR) is 108 cm³/mol. The predicted octanol–water partition coefficient (Wildman–Crippen LogP) is 4.32. The number of anilines is 2. The molecule has 2 aromatic carbocycles. The van der Waals surface area contributed by atoms with Gasteiger partial charge in [0.1, 0.15) is 11.4 Å². The third-order valence-electron chi connectivity index (χ3n) is 4.15. The van der Waals surface area contributed by atoms with Gasteiger partial charge in [0.15, 0.2) is 6.61 Å². The molecule has 0 atom stereocenters. The van der Waals surface area contributed by atoms with Crippen molar-refractivity contribution in [1.29, 1.82) is 0 Å². The molecule has 0 bridgehead atoms. The molecule has 1 amide bonds. The maximum atomic E-state index is 12.9. The van der Waals surface area contributed by atoms with Gasteiger partial charge in [-0.1, -0.05) is 36.4 Å². The van der Waals surface area contributed by atoms with Gasteiger partial charge in [0.05, 0.1) is 5.56 Å². The van der Waals surface area contributed by atoms with Crippen molar-refractivity contribution in [3.63, 3.8) is 0 Å². The lowest BCUT2D eigenvalue weighted by Gasteiger charge is -2.13. The molecule has 0 aliphatic carbocycles. The summed E-state index contributed by atoms with van der Waals surface area (Å²) in [4.78, 5) is 28.3. The van der Waals surface area contributed by atoms with Gasteiger partial charge in [-0.05, 0) is 35.9 Å². The van der Waals surface area contributed by atoms with Gasteiger partial charge in [-0.15, -0.1) is 0 Å². The number of carbonyl (C=O) groups is 2. The van der Waals surface area contributed by atoms with Crippen LogP contribution in [-0.2, 0) is 22.3 Å². The van der Waals surface area contributed by atoms with Crippen LogP contribution in [0.2, 0.25) is 0 Å². The summed E-state index contributed by atoms with van der Waals surface area (Å²) in [5.74, 6) is -1.32. The van der Waals surface area contributed by atoms with E-state index in [9.17, 15) is 22.8 Å². The van der Waals surface area contributed by atoms with Gasteiger partial charge >= 0.3 is 12.1 Å². The topological polar surface area (TPSA) is 80.3 Å². The second-order valence-corrected chi connectivity index (χ2v) is 6.44. The molecule has 0 radical (unpaired) electrons. The quantitative estimate of drug-likeness (QED) is 0.547. The number of rotatable bonds is 7.